The Morgan fingerprint density at radius 1 is 1.03 bits per heavy atom. The van der Waals surface area contributed by atoms with E-state index in [0.29, 0.717) is 6.61 Å². The first-order valence-electron chi connectivity index (χ1n) is 11.0. The van der Waals surface area contributed by atoms with E-state index in [4.69, 9.17) is 14.8 Å². The van der Waals surface area contributed by atoms with Gasteiger partial charge in [0.2, 0.25) is 0 Å². The molecule has 4 aromatic rings. The summed E-state index contributed by atoms with van der Waals surface area (Å²) >= 11 is 0. The highest BCUT2D eigenvalue weighted by Gasteiger charge is 2.21. The van der Waals surface area contributed by atoms with Crippen LogP contribution in [0, 0.1) is 0 Å². The van der Waals surface area contributed by atoms with E-state index in [-0.39, 0.29) is 6.04 Å². The fourth-order valence-electron chi connectivity index (χ4n) is 4.07. The number of carboxylic acid groups (broad SMARTS) is 1. The standard InChI is InChI=1S/C25H25N5O3/c31-25(32)26-19-12-14-30(15-13-19)22-11-10-21-24(28-22)29-23(27-21)18-6-8-20(9-7-18)33-16-17-4-2-1-3-5-17/h1-11,19,26H,12-16H2,(H,31,32)(H,27,28,29). The molecule has 5 rings (SSSR count). The molecule has 0 bridgehead atoms. The van der Waals surface area contributed by atoms with Gasteiger partial charge in [-0.1, -0.05) is 30.3 Å². The number of fused-ring (bicyclic) bond motifs is 1. The van der Waals surface area contributed by atoms with Crippen molar-refractivity contribution < 1.29 is 14.6 Å². The summed E-state index contributed by atoms with van der Waals surface area (Å²) in [6, 6.07) is 21.9. The van der Waals surface area contributed by atoms with Crippen LogP contribution in [0.25, 0.3) is 22.6 Å². The number of amides is 1. The molecule has 0 unspecified atom stereocenters. The van der Waals surface area contributed by atoms with Gasteiger partial charge in [0.1, 0.15) is 29.5 Å². The topological polar surface area (TPSA) is 103 Å². The molecule has 33 heavy (non-hydrogen) atoms. The normalized spacial score (nSPS) is 14.4. The first-order valence-corrected chi connectivity index (χ1v) is 11.0. The zero-order valence-corrected chi connectivity index (χ0v) is 18.1. The SMILES string of the molecule is O=C(O)NC1CCN(c2ccc3nc(-c4ccc(OCc5ccccc5)cc4)[nH]c3n2)CC1. The van der Waals surface area contributed by atoms with E-state index in [9.17, 15) is 4.79 Å². The second kappa shape index (κ2) is 9.20. The predicted molar refractivity (Wildman–Crippen MR) is 126 cm³/mol. The van der Waals surface area contributed by atoms with Crippen LogP contribution in [0.1, 0.15) is 18.4 Å². The van der Waals surface area contributed by atoms with E-state index in [0.717, 1.165) is 65.6 Å². The number of ether oxygens (including phenoxy) is 1. The average Bonchev–Trinajstić information content (AvgIpc) is 3.27. The molecule has 3 N–H and O–H groups in total. The number of anilines is 1. The molecule has 0 radical (unpaired) electrons. The van der Waals surface area contributed by atoms with Gasteiger partial charge in [0.15, 0.2) is 5.65 Å². The van der Waals surface area contributed by atoms with Crippen molar-refractivity contribution in [3.8, 4) is 17.1 Å². The van der Waals surface area contributed by atoms with Gasteiger partial charge in [-0.05, 0) is 54.8 Å². The number of pyridine rings is 1. The van der Waals surface area contributed by atoms with E-state index in [1.165, 1.54) is 0 Å². The van der Waals surface area contributed by atoms with Crippen molar-refractivity contribution in [3.05, 3.63) is 72.3 Å². The van der Waals surface area contributed by atoms with E-state index >= 15 is 0 Å². The summed E-state index contributed by atoms with van der Waals surface area (Å²) in [5, 5.41) is 11.5. The molecule has 1 aliphatic rings. The maximum absolute atomic E-state index is 10.8. The molecule has 1 amide bonds. The van der Waals surface area contributed by atoms with Crippen molar-refractivity contribution in [1.29, 1.82) is 0 Å². The van der Waals surface area contributed by atoms with Gasteiger partial charge >= 0.3 is 6.09 Å². The second-order valence-electron chi connectivity index (χ2n) is 8.13. The van der Waals surface area contributed by atoms with Crippen molar-refractivity contribution in [3.63, 3.8) is 0 Å². The van der Waals surface area contributed by atoms with Crippen LogP contribution in [-0.2, 0) is 6.61 Å². The number of H-pyrrole nitrogens is 1. The summed E-state index contributed by atoms with van der Waals surface area (Å²) < 4.78 is 5.87. The molecule has 0 aliphatic carbocycles. The van der Waals surface area contributed by atoms with E-state index in [2.05, 4.69) is 20.2 Å². The lowest BCUT2D eigenvalue weighted by molar-refractivity contribution is 0.187. The van der Waals surface area contributed by atoms with E-state index < -0.39 is 6.09 Å². The lowest BCUT2D eigenvalue weighted by Crippen LogP contribution is -2.44. The minimum absolute atomic E-state index is 0.000817. The average molecular weight is 444 g/mol. The lowest BCUT2D eigenvalue weighted by Gasteiger charge is -2.32. The summed E-state index contributed by atoms with van der Waals surface area (Å²) in [6.45, 7) is 2.05. The van der Waals surface area contributed by atoms with Crippen LogP contribution in [0.3, 0.4) is 0 Å². The number of rotatable bonds is 6. The summed E-state index contributed by atoms with van der Waals surface area (Å²) in [7, 11) is 0. The Balaban J connectivity index is 1.25. The zero-order chi connectivity index (χ0) is 22.6. The Hall–Kier alpha value is -4.07. The van der Waals surface area contributed by atoms with Crippen molar-refractivity contribution in [2.24, 2.45) is 0 Å². The van der Waals surface area contributed by atoms with E-state index in [1.807, 2.05) is 66.7 Å². The maximum atomic E-state index is 10.8. The van der Waals surface area contributed by atoms with Gasteiger partial charge in [0.05, 0.1) is 0 Å². The highest BCUT2D eigenvalue weighted by atomic mass is 16.5. The third kappa shape index (κ3) is 4.90. The third-order valence-electron chi connectivity index (χ3n) is 5.85. The van der Waals surface area contributed by atoms with Crippen LogP contribution < -0.4 is 15.0 Å². The number of nitrogens with zero attached hydrogens (tertiary/aromatic N) is 3. The fraction of sp³-hybridized carbons (Fsp3) is 0.240. The molecular weight excluding hydrogens is 418 g/mol. The van der Waals surface area contributed by atoms with Gasteiger partial charge in [-0.25, -0.2) is 14.8 Å². The molecule has 1 fully saturated rings. The first-order chi connectivity index (χ1) is 16.1. The Labute approximate surface area is 191 Å². The number of imidazole rings is 1. The van der Waals surface area contributed by atoms with Gasteiger partial charge in [0, 0.05) is 24.7 Å². The van der Waals surface area contributed by atoms with Crippen LogP contribution in [0.4, 0.5) is 10.6 Å². The minimum Gasteiger partial charge on any atom is -0.489 e. The smallest absolute Gasteiger partial charge is 0.404 e. The monoisotopic (exact) mass is 443 g/mol. The number of aromatic amines is 1. The van der Waals surface area contributed by atoms with Gasteiger partial charge in [-0.15, -0.1) is 0 Å². The number of aromatic nitrogens is 3. The van der Waals surface area contributed by atoms with Crippen molar-refractivity contribution >= 4 is 23.1 Å². The molecule has 0 saturated carbocycles. The Morgan fingerprint density at radius 2 is 1.79 bits per heavy atom. The molecule has 3 heterocycles. The Bertz CT molecular complexity index is 1230. The van der Waals surface area contributed by atoms with Crippen LogP contribution in [0.2, 0.25) is 0 Å². The van der Waals surface area contributed by atoms with Crippen LogP contribution in [-0.4, -0.2) is 45.3 Å². The first kappa shape index (κ1) is 20.8. The number of hydrogen-bond donors (Lipinski definition) is 3. The quantitative estimate of drug-likeness (QED) is 0.407. The largest absolute Gasteiger partial charge is 0.489 e. The van der Waals surface area contributed by atoms with Gasteiger partial charge in [-0.2, -0.15) is 0 Å². The van der Waals surface area contributed by atoms with Crippen molar-refractivity contribution in [2.45, 2.75) is 25.5 Å². The summed E-state index contributed by atoms with van der Waals surface area (Å²) in [6.07, 6.45) is 0.562. The maximum Gasteiger partial charge on any atom is 0.404 e. The van der Waals surface area contributed by atoms with Crippen molar-refractivity contribution in [2.75, 3.05) is 18.0 Å². The lowest BCUT2D eigenvalue weighted by atomic mass is 10.1. The molecule has 1 aliphatic heterocycles. The molecule has 0 spiro atoms. The molecule has 8 nitrogen and oxygen atoms in total. The predicted octanol–water partition coefficient (Wildman–Crippen LogP) is 4.44. The highest BCUT2D eigenvalue weighted by Crippen LogP contribution is 2.25. The number of hydrogen-bond acceptors (Lipinski definition) is 5. The van der Waals surface area contributed by atoms with Crippen molar-refractivity contribution in [1.82, 2.24) is 20.3 Å². The molecule has 1 saturated heterocycles. The van der Waals surface area contributed by atoms with Gasteiger partial charge < -0.3 is 25.0 Å². The fourth-order valence-corrected chi connectivity index (χ4v) is 4.07. The molecule has 0 atom stereocenters. The Morgan fingerprint density at radius 3 is 2.52 bits per heavy atom. The molecule has 8 heteroatoms. The summed E-state index contributed by atoms with van der Waals surface area (Å²) in [5.74, 6) is 2.43. The Kier molecular flexibility index (Phi) is 5.80. The van der Waals surface area contributed by atoms with E-state index in [1.54, 1.807) is 0 Å². The summed E-state index contributed by atoms with van der Waals surface area (Å²) in [4.78, 5) is 25.8. The van der Waals surface area contributed by atoms with Gasteiger partial charge in [-0.3, -0.25) is 0 Å². The molecule has 168 valence electrons. The molecule has 2 aromatic carbocycles. The molecular formula is C25H25N5O3. The minimum atomic E-state index is -0.964. The zero-order valence-electron chi connectivity index (χ0n) is 18.1. The molecule has 2 aromatic heterocycles. The van der Waals surface area contributed by atoms with Crippen LogP contribution >= 0.6 is 0 Å². The second-order valence-corrected chi connectivity index (χ2v) is 8.13. The number of piperidine rings is 1. The van der Waals surface area contributed by atoms with Gasteiger partial charge in [0.25, 0.3) is 0 Å². The highest BCUT2D eigenvalue weighted by molar-refractivity contribution is 5.77. The number of nitrogens with one attached hydrogen (secondary N) is 2. The van der Waals surface area contributed by atoms with Crippen LogP contribution in [0.5, 0.6) is 5.75 Å². The van der Waals surface area contributed by atoms with Crippen LogP contribution in [0.15, 0.2) is 66.7 Å². The number of benzene rings is 2. The third-order valence-corrected chi connectivity index (χ3v) is 5.85. The summed E-state index contributed by atoms with van der Waals surface area (Å²) in [5.41, 5.74) is 3.63. The number of carbonyl (C=O) groups is 1.